The van der Waals surface area contributed by atoms with Crippen molar-refractivity contribution in [1.82, 2.24) is 4.98 Å². The van der Waals surface area contributed by atoms with Crippen LogP contribution in [0.4, 0.5) is 5.69 Å². The van der Waals surface area contributed by atoms with Crippen LogP contribution in [-0.2, 0) is 0 Å². The molecule has 1 atom stereocenters. The summed E-state index contributed by atoms with van der Waals surface area (Å²) in [6.45, 7) is 2.27. The van der Waals surface area contributed by atoms with Crippen LogP contribution >= 0.6 is 12.2 Å². The molecule has 1 unspecified atom stereocenters. The number of rotatable bonds is 4. The van der Waals surface area contributed by atoms with Gasteiger partial charge in [0.25, 0.3) is 0 Å². The Balaban J connectivity index is 2.18. The number of fused-ring (bicyclic) bond motifs is 1. The zero-order chi connectivity index (χ0) is 14.3. The molecule has 1 aliphatic carbocycles. The summed E-state index contributed by atoms with van der Waals surface area (Å²) in [5, 5.41) is 1.12. The number of hydrogen-bond acceptors (Lipinski definition) is 3. The van der Waals surface area contributed by atoms with E-state index in [-0.39, 0.29) is 0 Å². The predicted molar refractivity (Wildman–Crippen MR) is 88.2 cm³/mol. The average molecular weight is 285 g/mol. The molecule has 1 saturated carbocycles. The molecule has 20 heavy (non-hydrogen) atoms. The van der Waals surface area contributed by atoms with E-state index >= 15 is 0 Å². The zero-order valence-electron chi connectivity index (χ0n) is 11.8. The molecular weight excluding hydrogens is 266 g/mol. The Morgan fingerprint density at radius 2 is 2.10 bits per heavy atom. The first-order valence-corrected chi connectivity index (χ1v) is 7.41. The third kappa shape index (κ3) is 2.24. The Bertz CT molecular complexity index is 664. The van der Waals surface area contributed by atoms with Crippen molar-refractivity contribution in [2.45, 2.75) is 25.8 Å². The summed E-state index contributed by atoms with van der Waals surface area (Å²) >= 11 is 5.21. The van der Waals surface area contributed by atoms with Gasteiger partial charge in [-0.25, -0.2) is 0 Å². The molecule has 104 valence electrons. The molecule has 1 fully saturated rings. The van der Waals surface area contributed by atoms with Gasteiger partial charge in [-0.05, 0) is 31.7 Å². The number of aromatic nitrogens is 1. The minimum atomic E-state index is 0.410. The molecule has 2 aromatic rings. The lowest BCUT2D eigenvalue weighted by Gasteiger charge is -2.30. The number of benzene rings is 1. The normalized spacial score (nSPS) is 16.1. The van der Waals surface area contributed by atoms with Gasteiger partial charge in [-0.1, -0.05) is 30.4 Å². The second-order valence-electron chi connectivity index (χ2n) is 5.59. The van der Waals surface area contributed by atoms with Crippen molar-refractivity contribution in [1.29, 1.82) is 0 Å². The fraction of sp³-hybridized carbons (Fsp3) is 0.375. The summed E-state index contributed by atoms with van der Waals surface area (Å²) < 4.78 is 0. The van der Waals surface area contributed by atoms with Crippen LogP contribution in [0.15, 0.2) is 30.5 Å². The molecule has 3 nitrogen and oxygen atoms in total. The molecule has 3 rings (SSSR count). The highest BCUT2D eigenvalue weighted by molar-refractivity contribution is 7.80. The van der Waals surface area contributed by atoms with Crippen molar-refractivity contribution < 1.29 is 0 Å². The lowest BCUT2D eigenvalue weighted by Crippen LogP contribution is -2.32. The molecular formula is C16H19N3S. The number of pyridine rings is 1. The molecule has 1 aliphatic rings. The van der Waals surface area contributed by atoms with E-state index in [0.717, 1.165) is 28.1 Å². The Morgan fingerprint density at radius 1 is 1.40 bits per heavy atom. The van der Waals surface area contributed by atoms with E-state index in [4.69, 9.17) is 18.0 Å². The summed E-state index contributed by atoms with van der Waals surface area (Å²) in [5.74, 6) is 0.783. The average Bonchev–Trinajstić information content (AvgIpc) is 3.29. The maximum atomic E-state index is 5.90. The quantitative estimate of drug-likeness (QED) is 0.877. The number of thiocarbonyl (C=S) groups is 1. The van der Waals surface area contributed by atoms with Crippen molar-refractivity contribution >= 4 is 33.8 Å². The van der Waals surface area contributed by atoms with E-state index in [9.17, 15) is 0 Å². The van der Waals surface area contributed by atoms with Gasteiger partial charge < -0.3 is 10.6 Å². The van der Waals surface area contributed by atoms with Crippen molar-refractivity contribution in [2.24, 2.45) is 11.7 Å². The summed E-state index contributed by atoms with van der Waals surface area (Å²) in [4.78, 5) is 7.20. The lowest BCUT2D eigenvalue weighted by molar-refractivity contribution is 0.610. The standard InChI is InChI=1S/C16H19N3S/c1-10(11-7-8-11)19(2)15-12-5-3-4-6-14(12)18-9-13(15)16(17)20/h3-6,9-11H,7-8H2,1-2H3,(H2,17,20). The van der Waals surface area contributed by atoms with Crippen LogP contribution in [-0.4, -0.2) is 23.1 Å². The molecule has 0 aliphatic heterocycles. The van der Waals surface area contributed by atoms with Crippen LogP contribution in [0.1, 0.15) is 25.3 Å². The van der Waals surface area contributed by atoms with E-state index in [1.807, 2.05) is 18.2 Å². The number of anilines is 1. The van der Waals surface area contributed by atoms with Crippen LogP contribution < -0.4 is 10.6 Å². The molecule has 0 saturated heterocycles. The van der Waals surface area contributed by atoms with Gasteiger partial charge in [0, 0.05) is 24.7 Å². The monoisotopic (exact) mass is 285 g/mol. The highest BCUT2D eigenvalue weighted by Crippen LogP contribution is 2.38. The molecule has 1 aromatic heterocycles. The zero-order valence-corrected chi connectivity index (χ0v) is 12.7. The first-order valence-electron chi connectivity index (χ1n) is 7.00. The summed E-state index contributed by atoms with van der Waals surface area (Å²) in [5.41, 5.74) is 8.87. The van der Waals surface area contributed by atoms with Gasteiger partial charge in [0.1, 0.15) is 4.99 Å². The Hall–Kier alpha value is -1.68. The minimum absolute atomic E-state index is 0.410. The van der Waals surface area contributed by atoms with E-state index in [0.29, 0.717) is 11.0 Å². The fourth-order valence-corrected chi connectivity index (χ4v) is 2.93. The lowest BCUT2D eigenvalue weighted by atomic mass is 10.1. The second kappa shape index (κ2) is 5.02. The maximum absolute atomic E-state index is 5.90. The first kappa shape index (κ1) is 13.3. The third-order valence-corrected chi connectivity index (χ3v) is 4.50. The number of hydrogen-bond donors (Lipinski definition) is 1. The highest BCUT2D eigenvalue weighted by atomic mass is 32.1. The van der Waals surface area contributed by atoms with Crippen LogP contribution in [0.2, 0.25) is 0 Å². The Morgan fingerprint density at radius 3 is 2.75 bits per heavy atom. The molecule has 1 heterocycles. The predicted octanol–water partition coefficient (Wildman–Crippen LogP) is 3.10. The van der Waals surface area contributed by atoms with E-state index in [2.05, 4.69) is 29.9 Å². The Labute approximate surface area is 124 Å². The van der Waals surface area contributed by atoms with Crippen molar-refractivity contribution in [3.8, 4) is 0 Å². The topological polar surface area (TPSA) is 42.1 Å². The van der Waals surface area contributed by atoms with Gasteiger partial charge in [-0.15, -0.1) is 0 Å². The van der Waals surface area contributed by atoms with Gasteiger partial charge in [-0.2, -0.15) is 0 Å². The van der Waals surface area contributed by atoms with Gasteiger partial charge >= 0.3 is 0 Å². The van der Waals surface area contributed by atoms with E-state index in [1.54, 1.807) is 6.20 Å². The summed E-state index contributed by atoms with van der Waals surface area (Å²) in [7, 11) is 2.13. The van der Waals surface area contributed by atoms with Crippen LogP contribution in [0, 0.1) is 5.92 Å². The third-order valence-electron chi connectivity index (χ3n) is 4.28. The highest BCUT2D eigenvalue weighted by Gasteiger charge is 2.32. The smallest absolute Gasteiger partial charge is 0.107 e. The summed E-state index contributed by atoms with van der Waals surface area (Å²) in [6.07, 6.45) is 4.43. The van der Waals surface area contributed by atoms with Crippen LogP contribution in [0.3, 0.4) is 0 Å². The number of para-hydroxylation sites is 1. The van der Waals surface area contributed by atoms with Crippen LogP contribution in [0.5, 0.6) is 0 Å². The molecule has 0 radical (unpaired) electrons. The van der Waals surface area contributed by atoms with Crippen molar-refractivity contribution in [3.05, 3.63) is 36.0 Å². The largest absolute Gasteiger partial charge is 0.389 e. The van der Waals surface area contributed by atoms with Gasteiger partial charge in [0.2, 0.25) is 0 Å². The van der Waals surface area contributed by atoms with Crippen molar-refractivity contribution in [3.63, 3.8) is 0 Å². The van der Waals surface area contributed by atoms with Gasteiger partial charge in [-0.3, -0.25) is 4.98 Å². The molecule has 2 N–H and O–H groups in total. The van der Waals surface area contributed by atoms with Crippen LogP contribution in [0.25, 0.3) is 10.9 Å². The summed E-state index contributed by atoms with van der Waals surface area (Å²) in [6, 6.07) is 8.65. The maximum Gasteiger partial charge on any atom is 0.107 e. The molecule has 0 amide bonds. The Kier molecular flexibility index (Phi) is 3.34. The minimum Gasteiger partial charge on any atom is -0.389 e. The van der Waals surface area contributed by atoms with Gasteiger partial charge in [0.15, 0.2) is 0 Å². The SMILES string of the molecule is CC(C1CC1)N(C)c1c(C(N)=S)cnc2ccccc12. The van der Waals surface area contributed by atoms with Crippen molar-refractivity contribution in [2.75, 3.05) is 11.9 Å². The molecule has 0 bridgehead atoms. The van der Waals surface area contributed by atoms with E-state index < -0.39 is 0 Å². The molecule has 4 heteroatoms. The fourth-order valence-electron chi connectivity index (χ4n) is 2.79. The molecule has 1 aromatic carbocycles. The first-order chi connectivity index (χ1) is 9.59. The number of nitrogens with two attached hydrogens (primary N) is 1. The number of nitrogens with zero attached hydrogens (tertiary/aromatic N) is 2. The van der Waals surface area contributed by atoms with E-state index in [1.165, 1.54) is 12.8 Å². The van der Waals surface area contributed by atoms with Gasteiger partial charge in [0.05, 0.1) is 16.8 Å². The molecule has 0 spiro atoms. The second-order valence-corrected chi connectivity index (χ2v) is 6.03.